The van der Waals surface area contributed by atoms with Gasteiger partial charge in [-0.15, -0.1) is 5.10 Å². The summed E-state index contributed by atoms with van der Waals surface area (Å²) in [6, 6.07) is 1.84. The summed E-state index contributed by atoms with van der Waals surface area (Å²) < 4.78 is 1.69. The standard InChI is InChI=1S/C10H14N6/c1-3-5-11-10-12-6-4-8(14-10)9-7-13-15-16(9)2/h4,6-7H,3,5H2,1-2H3,(H,11,12,14). The van der Waals surface area contributed by atoms with Gasteiger partial charge in [0, 0.05) is 19.8 Å². The molecule has 2 rings (SSSR count). The third kappa shape index (κ3) is 2.16. The van der Waals surface area contributed by atoms with Crippen LogP contribution >= 0.6 is 0 Å². The monoisotopic (exact) mass is 218 g/mol. The topological polar surface area (TPSA) is 68.5 Å². The molecule has 2 aromatic rings. The lowest BCUT2D eigenvalue weighted by Gasteiger charge is -2.04. The molecule has 6 nitrogen and oxygen atoms in total. The Kier molecular flexibility index (Phi) is 3.09. The molecule has 0 saturated heterocycles. The van der Waals surface area contributed by atoms with E-state index in [9.17, 15) is 0 Å². The molecule has 0 aliphatic rings. The zero-order chi connectivity index (χ0) is 11.4. The molecule has 0 spiro atoms. The van der Waals surface area contributed by atoms with Crippen LogP contribution in [0.4, 0.5) is 5.95 Å². The van der Waals surface area contributed by atoms with Gasteiger partial charge in [-0.25, -0.2) is 14.6 Å². The van der Waals surface area contributed by atoms with Crippen LogP contribution in [0.2, 0.25) is 0 Å². The summed E-state index contributed by atoms with van der Waals surface area (Å²) in [5.74, 6) is 0.639. The Balaban J connectivity index is 2.26. The third-order valence-electron chi connectivity index (χ3n) is 2.17. The van der Waals surface area contributed by atoms with E-state index in [1.165, 1.54) is 0 Å². The molecule has 0 saturated carbocycles. The highest BCUT2D eigenvalue weighted by molar-refractivity contribution is 5.54. The molecule has 0 amide bonds. The Bertz CT molecular complexity index is 464. The number of hydrogen-bond acceptors (Lipinski definition) is 5. The van der Waals surface area contributed by atoms with Crippen molar-refractivity contribution in [3.63, 3.8) is 0 Å². The van der Waals surface area contributed by atoms with Gasteiger partial charge in [0.1, 0.15) is 5.69 Å². The molecule has 6 heteroatoms. The van der Waals surface area contributed by atoms with Crippen molar-refractivity contribution in [2.45, 2.75) is 13.3 Å². The minimum Gasteiger partial charge on any atom is -0.354 e. The maximum Gasteiger partial charge on any atom is 0.223 e. The average Bonchev–Trinajstić information content (AvgIpc) is 2.73. The smallest absolute Gasteiger partial charge is 0.223 e. The molecule has 0 aromatic carbocycles. The first kappa shape index (κ1) is 10.5. The highest BCUT2D eigenvalue weighted by Gasteiger charge is 2.06. The van der Waals surface area contributed by atoms with Crippen LogP contribution in [-0.4, -0.2) is 31.5 Å². The second kappa shape index (κ2) is 4.69. The largest absolute Gasteiger partial charge is 0.354 e. The Morgan fingerprint density at radius 2 is 2.31 bits per heavy atom. The maximum absolute atomic E-state index is 4.39. The van der Waals surface area contributed by atoms with Crippen molar-refractivity contribution in [2.75, 3.05) is 11.9 Å². The van der Waals surface area contributed by atoms with Crippen molar-refractivity contribution in [2.24, 2.45) is 7.05 Å². The Morgan fingerprint density at radius 1 is 1.44 bits per heavy atom. The first-order valence-electron chi connectivity index (χ1n) is 5.23. The first-order valence-corrected chi connectivity index (χ1v) is 5.23. The van der Waals surface area contributed by atoms with Crippen molar-refractivity contribution in [3.05, 3.63) is 18.5 Å². The number of anilines is 1. The molecule has 0 bridgehead atoms. The predicted octanol–water partition coefficient (Wildman–Crippen LogP) is 1.09. The van der Waals surface area contributed by atoms with Gasteiger partial charge < -0.3 is 5.32 Å². The minimum atomic E-state index is 0.639. The summed E-state index contributed by atoms with van der Waals surface area (Å²) in [6.45, 7) is 2.97. The van der Waals surface area contributed by atoms with E-state index < -0.39 is 0 Å². The lowest BCUT2D eigenvalue weighted by atomic mass is 10.3. The van der Waals surface area contributed by atoms with Gasteiger partial charge in [-0.1, -0.05) is 12.1 Å². The molecule has 0 unspecified atom stereocenters. The molecule has 2 heterocycles. The van der Waals surface area contributed by atoms with Crippen LogP contribution in [-0.2, 0) is 7.05 Å². The number of aromatic nitrogens is 5. The summed E-state index contributed by atoms with van der Waals surface area (Å²) in [6.07, 6.45) is 4.46. The van der Waals surface area contributed by atoms with Crippen LogP contribution in [0.15, 0.2) is 18.5 Å². The summed E-state index contributed by atoms with van der Waals surface area (Å²) >= 11 is 0. The van der Waals surface area contributed by atoms with Crippen molar-refractivity contribution in [3.8, 4) is 11.4 Å². The number of hydrogen-bond donors (Lipinski definition) is 1. The second-order valence-corrected chi connectivity index (χ2v) is 3.44. The Labute approximate surface area is 93.7 Å². The number of rotatable bonds is 4. The highest BCUT2D eigenvalue weighted by Crippen LogP contribution is 2.14. The third-order valence-corrected chi connectivity index (χ3v) is 2.17. The van der Waals surface area contributed by atoms with E-state index in [1.807, 2.05) is 13.1 Å². The van der Waals surface area contributed by atoms with Gasteiger partial charge in [-0.05, 0) is 12.5 Å². The van der Waals surface area contributed by atoms with E-state index in [0.29, 0.717) is 5.95 Å². The van der Waals surface area contributed by atoms with Crippen LogP contribution in [0, 0.1) is 0 Å². The van der Waals surface area contributed by atoms with E-state index in [0.717, 1.165) is 24.4 Å². The molecule has 0 aliphatic carbocycles. The predicted molar refractivity (Wildman–Crippen MR) is 60.8 cm³/mol. The highest BCUT2D eigenvalue weighted by atomic mass is 15.4. The quantitative estimate of drug-likeness (QED) is 0.832. The van der Waals surface area contributed by atoms with Gasteiger partial charge in [0.25, 0.3) is 0 Å². The van der Waals surface area contributed by atoms with Crippen molar-refractivity contribution in [1.82, 2.24) is 25.0 Å². The first-order chi connectivity index (χ1) is 7.81. The van der Waals surface area contributed by atoms with Crippen LogP contribution < -0.4 is 5.32 Å². The van der Waals surface area contributed by atoms with E-state index >= 15 is 0 Å². The van der Waals surface area contributed by atoms with E-state index in [4.69, 9.17) is 0 Å². The van der Waals surface area contributed by atoms with Gasteiger partial charge in [-0.2, -0.15) is 0 Å². The van der Waals surface area contributed by atoms with E-state index in [2.05, 4.69) is 32.5 Å². The second-order valence-electron chi connectivity index (χ2n) is 3.44. The molecule has 0 aliphatic heterocycles. The molecule has 84 valence electrons. The Hall–Kier alpha value is -1.98. The average molecular weight is 218 g/mol. The zero-order valence-corrected chi connectivity index (χ0v) is 9.38. The van der Waals surface area contributed by atoms with Crippen molar-refractivity contribution >= 4 is 5.95 Å². The fourth-order valence-corrected chi connectivity index (χ4v) is 1.34. The fourth-order valence-electron chi connectivity index (χ4n) is 1.34. The van der Waals surface area contributed by atoms with E-state index in [1.54, 1.807) is 17.1 Å². The summed E-state index contributed by atoms with van der Waals surface area (Å²) in [5, 5.41) is 10.8. The molecule has 0 fully saturated rings. The van der Waals surface area contributed by atoms with Gasteiger partial charge in [0.15, 0.2) is 0 Å². The van der Waals surface area contributed by atoms with Gasteiger partial charge >= 0.3 is 0 Å². The fraction of sp³-hybridized carbons (Fsp3) is 0.400. The lowest BCUT2D eigenvalue weighted by molar-refractivity contribution is 0.719. The SMILES string of the molecule is CCCNc1nccc(-c2cnnn2C)n1. The molecule has 2 aromatic heterocycles. The van der Waals surface area contributed by atoms with Gasteiger partial charge in [-0.3, -0.25) is 0 Å². The number of nitrogens with one attached hydrogen (secondary N) is 1. The van der Waals surface area contributed by atoms with Crippen molar-refractivity contribution < 1.29 is 0 Å². The van der Waals surface area contributed by atoms with Crippen LogP contribution in [0.1, 0.15) is 13.3 Å². The van der Waals surface area contributed by atoms with Gasteiger partial charge in [0.2, 0.25) is 5.95 Å². The van der Waals surface area contributed by atoms with E-state index in [-0.39, 0.29) is 0 Å². The summed E-state index contributed by atoms with van der Waals surface area (Å²) in [4.78, 5) is 8.53. The molecular weight excluding hydrogens is 204 g/mol. The molecule has 0 radical (unpaired) electrons. The molecule has 1 N–H and O–H groups in total. The van der Waals surface area contributed by atoms with Crippen LogP contribution in [0.5, 0.6) is 0 Å². The summed E-state index contributed by atoms with van der Waals surface area (Å²) in [5.41, 5.74) is 1.70. The molecule has 0 atom stereocenters. The number of nitrogens with zero attached hydrogens (tertiary/aromatic N) is 5. The molecular formula is C10H14N6. The van der Waals surface area contributed by atoms with Gasteiger partial charge in [0.05, 0.1) is 11.9 Å². The Morgan fingerprint density at radius 3 is 3.00 bits per heavy atom. The maximum atomic E-state index is 4.39. The summed E-state index contributed by atoms with van der Waals surface area (Å²) in [7, 11) is 1.84. The van der Waals surface area contributed by atoms with Crippen molar-refractivity contribution in [1.29, 1.82) is 0 Å². The normalized spacial score (nSPS) is 10.4. The zero-order valence-electron chi connectivity index (χ0n) is 9.38. The molecule has 16 heavy (non-hydrogen) atoms. The minimum absolute atomic E-state index is 0.639. The lowest BCUT2D eigenvalue weighted by Crippen LogP contribution is -2.05. The number of aryl methyl sites for hydroxylation is 1. The van der Waals surface area contributed by atoms with Crippen LogP contribution in [0.25, 0.3) is 11.4 Å². The van der Waals surface area contributed by atoms with Crippen LogP contribution in [0.3, 0.4) is 0 Å².